The molecule has 0 fully saturated rings. The van der Waals surface area contributed by atoms with Gasteiger partial charge in [0.25, 0.3) is 0 Å². The normalized spacial score (nSPS) is 10.8. The molecule has 1 N–H and O–H groups in total. The number of nitriles is 1. The van der Waals surface area contributed by atoms with E-state index in [0.29, 0.717) is 10.7 Å². The molecule has 0 unspecified atom stereocenters. The minimum absolute atomic E-state index is 0.275. The number of ether oxygens (including phenoxy) is 1. The zero-order valence-corrected chi connectivity index (χ0v) is 12.7. The topological polar surface area (TPSA) is 75.0 Å². The van der Waals surface area contributed by atoms with Gasteiger partial charge in [-0.15, -0.1) is 11.3 Å². The first-order valence-electron chi connectivity index (χ1n) is 4.84. The number of hydrogen-bond donors (Lipinski definition) is 1. The van der Waals surface area contributed by atoms with Gasteiger partial charge in [0.05, 0.1) is 6.54 Å². The monoisotopic (exact) mass is 365 g/mol. The molecule has 1 heterocycles. The molecule has 0 aliphatic carbocycles. The molecule has 0 atom stereocenters. The Morgan fingerprint density at radius 2 is 2.29 bits per heavy atom. The lowest BCUT2D eigenvalue weighted by Crippen LogP contribution is -2.32. The summed E-state index contributed by atoms with van der Waals surface area (Å²) < 4.78 is 5.91. The summed E-state index contributed by atoms with van der Waals surface area (Å²) in [7, 11) is 0. The van der Waals surface area contributed by atoms with Gasteiger partial charge in [0, 0.05) is 0 Å². The Kier molecular flexibility index (Phi) is 4.70. The van der Waals surface area contributed by atoms with Crippen molar-refractivity contribution in [2.24, 2.45) is 0 Å². The van der Waals surface area contributed by atoms with Gasteiger partial charge in [-0.05, 0) is 43.4 Å². The molecule has 1 aromatic heterocycles. The second-order valence-corrected chi connectivity index (χ2v) is 7.09. The van der Waals surface area contributed by atoms with Crippen LogP contribution in [0.3, 0.4) is 0 Å². The number of carbonyl (C=O) groups is 1. The maximum absolute atomic E-state index is 11.4. The van der Waals surface area contributed by atoms with Crippen LogP contribution in [-0.4, -0.2) is 16.7 Å². The van der Waals surface area contributed by atoms with E-state index < -0.39 is 11.7 Å². The number of nitrogens with one attached hydrogen (secondary N) is 1. The van der Waals surface area contributed by atoms with Crippen molar-refractivity contribution in [1.29, 1.82) is 5.26 Å². The Morgan fingerprint density at radius 1 is 1.65 bits per heavy atom. The standard InChI is InChI=1S/C10H12IN3O2S/c1-10(2,3)16-9(15)13-5-7-14-6(4-12)8(11)17-7/h5H2,1-3H3,(H,13,15). The third-order valence-corrected chi connectivity index (χ3v) is 3.53. The highest BCUT2D eigenvalue weighted by molar-refractivity contribution is 14.1. The van der Waals surface area contributed by atoms with Crippen LogP contribution in [0.4, 0.5) is 4.79 Å². The van der Waals surface area contributed by atoms with Gasteiger partial charge in [-0.25, -0.2) is 9.78 Å². The number of carbonyl (C=O) groups excluding carboxylic acids is 1. The molecule has 1 aromatic rings. The SMILES string of the molecule is CC(C)(C)OC(=O)NCc1nc(C#N)c(I)s1. The van der Waals surface area contributed by atoms with Crippen molar-refractivity contribution in [2.75, 3.05) is 0 Å². The highest BCUT2D eigenvalue weighted by atomic mass is 127. The number of nitrogens with zero attached hydrogens (tertiary/aromatic N) is 2. The van der Waals surface area contributed by atoms with E-state index >= 15 is 0 Å². The van der Waals surface area contributed by atoms with Crippen LogP contribution in [0.1, 0.15) is 31.5 Å². The third-order valence-electron chi connectivity index (χ3n) is 1.52. The van der Waals surface area contributed by atoms with E-state index in [-0.39, 0.29) is 6.54 Å². The zero-order valence-electron chi connectivity index (χ0n) is 9.70. The zero-order chi connectivity index (χ0) is 13.1. The van der Waals surface area contributed by atoms with Crippen molar-refractivity contribution in [3.05, 3.63) is 13.6 Å². The van der Waals surface area contributed by atoms with Crippen LogP contribution in [0.15, 0.2) is 0 Å². The van der Waals surface area contributed by atoms with Gasteiger partial charge >= 0.3 is 6.09 Å². The quantitative estimate of drug-likeness (QED) is 0.818. The molecule has 1 rings (SSSR count). The van der Waals surface area contributed by atoms with Crippen molar-refractivity contribution < 1.29 is 9.53 Å². The maximum atomic E-state index is 11.4. The number of aromatic nitrogens is 1. The van der Waals surface area contributed by atoms with Crippen LogP contribution in [0.2, 0.25) is 0 Å². The molecule has 92 valence electrons. The highest BCUT2D eigenvalue weighted by Gasteiger charge is 2.16. The van der Waals surface area contributed by atoms with Crippen LogP contribution < -0.4 is 5.32 Å². The van der Waals surface area contributed by atoms with E-state index in [1.165, 1.54) is 11.3 Å². The van der Waals surface area contributed by atoms with Crippen molar-refractivity contribution in [2.45, 2.75) is 32.9 Å². The summed E-state index contributed by atoms with van der Waals surface area (Å²) >= 11 is 3.43. The fraction of sp³-hybridized carbons (Fsp3) is 0.500. The average molecular weight is 365 g/mol. The summed E-state index contributed by atoms with van der Waals surface area (Å²) in [4.78, 5) is 15.4. The van der Waals surface area contributed by atoms with E-state index in [9.17, 15) is 4.79 Å². The van der Waals surface area contributed by atoms with Gasteiger partial charge in [0.15, 0.2) is 5.69 Å². The molecule has 5 nitrogen and oxygen atoms in total. The van der Waals surface area contributed by atoms with Crippen LogP contribution in [0, 0.1) is 14.2 Å². The Hall–Kier alpha value is -0.880. The lowest BCUT2D eigenvalue weighted by atomic mass is 10.2. The maximum Gasteiger partial charge on any atom is 0.408 e. The summed E-state index contributed by atoms with van der Waals surface area (Å²) in [6.07, 6.45) is -0.485. The highest BCUT2D eigenvalue weighted by Crippen LogP contribution is 2.19. The predicted molar refractivity (Wildman–Crippen MR) is 72.6 cm³/mol. The second-order valence-electron chi connectivity index (χ2n) is 4.20. The largest absolute Gasteiger partial charge is 0.444 e. The van der Waals surface area contributed by atoms with E-state index in [1.807, 2.05) is 28.7 Å². The molecule has 0 saturated heterocycles. The minimum atomic E-state index is -0.515. The third kappa shape index (κ3) is 4.87. The van der Waals surface area contributed by atoms with Gasteiger partial charge in [-0.1, -0.05) is 0 Å². The Labute approximate surface area is 117 Å². The molecule has 0 aliphatic heterocycles. The molecule has 1 amide bonds. The van der Waals surface area contributed by atoms with Crippen LogP contribution >= 0.6 is 33.9 Å². The molecule has 0 aliphatic rings. The first-order chi connectivity index (χ1) is 7.81. The first-order valence-corrected chi connectivity index (χ1v) is 6.73. The van der Waals surface area contributed by atoms with Crippen molar-refractivity contribution in [1.82, 2.24) is 10.3 Å². The number of hydrogen-bond acceptors (Lipinski definition) is 5. The molecular formula is C10H12IN3O2S. The smallest absolute Gasteiger partial charge is 0.408 e. The predicted octanol–water partition coefficient (Wildman–Crippen LogP) is 2.64. The summed E-state index contributed by atoms with van der Waals surface area (Å²) in [5.74, 6) is 0. The Morgan fingerprint density at radius 3 is 2.76 bits per heavy atom. The van der Waals surface area contributed by atoms with E-state index in [2.05, 4.69) is 10.3 Å². The van der Waals surface area contributed by atoms with Gasteiger partial charge in [0.2, 0.25) is 0 Å². The van der Waals surface area contributed by atoms with Gasteiger partial charge in [-0.3, -0.25) is 0 Å². The van der Waals surface area contributed by atoms with Crippen molar-refractivity contribution in [3.63, 3.8) is 0 Å². The van der Waals surface area contributed by atoms with Crippen molar-refractivity contribution in [3.8, 4) is 6.07 Å². The van der Waals surface area contributed by atoms with E-state index in [0.717, 1.165) is 2.88 Å². The lowest BCUT2D eigenvalue weighted by Gasteiger charge is -2.19. The van der Waals surface area contributed by atoms with Crippen LogP contribution in [0.25, 0.3) is 0 Å². The summed E-state index contributed by atoms with van der Waals surface area (Å²) in [5.41, 5.74) is -0.115. The average Bonchev–Trinajstić information content (AvgIpc) is 2.53. The molecule has 0 radical (unpaired) electrons. The van der Waals surface area contributed by atoms with E-state index in [4.69, 9.17) is 10.00 Å². The molecule has 7 heteroatoms. The van der Waals surface area contributed by atoms with Crippen LogP contribution in [0.5, 0.6) is 0 Å². The molecule has 0 saturated carbocycles. The summed E-state index contributed by atoms with van der Waals surface area (Å²) in [6.45, 7) is 5.67. The molecular weight excluding hydrogens is 353 g/mol. The number of alkyl carbamates (subject to hydrolysis) is 1. The lowest BCUT2D eigenvalue weighted by molar-refractivity contribution is 0.0523. The van der Waals surface area contributed by atoms with Gasteiger partial charge in [-0.2, -0.15) is 5.26 Å². The number of rotatable bonds is 2. The molecule has 17 heavy (non-hydrogen) atoms. The summed E-state index contributed by atoms with van der Waals surface area (Å²) in [6, 6.07) is 1.99. The molecule has 0 aromatic carbocycles. The van der Waals surface area contributed by atoms with Gasteiger partial charge < -0.3 is 10.1 Å². The Balaban J connectivity index is 2.51. The first kappa shape index (κ1) is 14.2. The fourth-order valence-electron chi connectivity index (χ4n) is 0.950. The number of thiazole rings is 1. The van der Waals surface area contributed by atoms with E-state index in [1.54, 1.807) is 20.8 Å². The van der Waals surface area contributed by atoms with Gasteiger partial charge in [0.1, 0.15) is 19.6 Å². The van der Waals surface area contributed by atoms with Crippen molar-refractivity contribution >= 4 is 40.0 Å². The minimum Gasteiger partial charge on any atom is -0.444 e. The number of halogens is 1. The Bertz CT molecular complexity index is 459. The van der Waals surface area contributed by atoms with Crippen LogP contribution in [-0.2, 0) is 11.3 Å². The summed E-state index contributed by atoms with van der Waals surface area (Å²) in [5, 5.41) is 12.0. The molecule has 0 spiro atoms. The number of amides is 1. The second kappa shape index (κ2) is 5.64. The fourth-order valence-corrected chi connectivity index (χ4v) is 2.63. The molecule has 0 bridgehead atoms.